The Balaban J connectivity index is 2.05. The topological polar surface area (TPSA) is 155 Å². The normalized spacial score (nSPS) is 26.8. The van der Waals surface area contributed by atoms with E-state index in [0.29, 0.717) is 6.54 Å². The van der Waals surface area contributed by atoms with Gasteiger partial charge in [0.1, 0.15) is 24.0 Å². The molecule has 0 saturated carbocycles. The van der Waals surface area contributed by atoms with Crippen LogP contribution >= 0.6 is 0 Å². The number of aromatic nitrogens is 5. The molecule has 0 amide bonds. The van der Waals surface area contributed by atoms with Crippen molar-refractivity contribution < 1.29 is 20.1 Å². The Morgan fingerprint density at radius 3 is 2.62 bits per heavy atom. The fraction of sp³-hybridized carbons (Fsp3) is 0.538. The molecule has 0 aromatic carbocycles. The van der Waals surface area contributed by atoms with E-state index >= 15 is 0 Å². The quantitative estimate of drug-likeness (QED) is 0.473. The third-order valence-corrected chi connectivity index (χ3v) is 3.90. The van der Waals surface area contributed by atoms with E-state index in [1.807, 2.05) is 6.92 Å². The lowest BCUT2D eigenvalue weighted by atomic mass is 10.1. The zero-order valence-electron chi connectivity index (χ0n) is 12.7. The summed E-state index contributed by atoms with van der Waals surface area (Å²) < 4.78 is 7.77. The van der Waals surface area contributed by atoms with Crippen LogP contribution in [-0.4, -0.2) is 64.8 Å². The summed E-state index contributed by atoms with van der Waals surface area (Å²) in [6.45, 7) is 1.88. The number of H-pyrrole nitrogens is 1. The smallest absolute Gasteiger partial charge is 0.330 e. The Bertz CT molecular complexity index is 842. The molecule has 2 aromatic rings. The number of aryl methyl sites for hydroxylation is 1. The number of hydrogen-bond acceptors (Lipinski definition) is 8. The molecular formula is C13H17N5O6. The summed E-state index contributed by atoms with van der Waals surface area (Å²) in [6, 6.07) is 0. The summed E-state index contributed by atoms with van der Waals surface area (Å²) in [4.78, 5) is 26.2. The van der Waals surface area contributed by atoms with Crippen molar-refractivity contribution in [3.8, 4) is 11.3 Å². The first-order valence-corrected chi connectivity index (χ1v) is 7.34. The average molecular weight is 339 g/mol. The lowest BCUT2D eigenvalue weighted by molar-refractivity contribution is -0.0549. The van der Waals surface area contributed by atoms with Gasteiger partial charge >= 0.3 is 5.69 Å². The van der Waals surface area contributed by atoms with Crippen LogP contribution in [0, 0.1) is 0 Å². The van der Waals surface area contributed by atoms with Gasteiger partial charge in [-0.3, -0.25) is 19.0 Å². The van der Waals surface area contributed by atoms with Crippen LogP contribution in [-0.2, 0) is 11.3 Å². The van der Waals surface area contributed by atoms with Crippen LogP contribution < -0.4 is 11.2 Å². The summed E-state index contributed by atoms with van der Waals surface area (Å²) >= 11 is 0. The highest BCUT2D eigenvalue weighted by Crippen LogP contribution is 2.28. The summed E-state index contributed by atoms with van der Waals surface area (Å²) in [5.41, 5.74) is -1.17. The van der Waals surface area contributed by atoms with Crippen LogP contribution in [0.5, 0.6) is 0 Å². The Labute approximate surface area is 134 Å². The van der Waals surface area contributed by atoms with Crippen LogP contribution in [0.2, 0.25) is 0 Å². The number of ether oxygens (including phenoxy) is 1. The molecule has 3 rings (SSSR count). The molecule has 0 spiro atoms. The summed E-state index contributed by atoms with van der Waals surface area (Å²) in [7, 11) is 0. The predicted octanol–water partition coefficient (Wildman–Crippen LogP) is -2.57. The number of aliphatic hydroxyl groups is 3. The van der Waals surface area contributed by atoms with Gasteiger partial charge in [-0.25, -0.2) is 4.79 Å². The first kappa shape index (κ1) is 16.5. The second-order valence-corrected chi connectivity index (χ2v) is 5.40. The molecule has 0 bridgehead atoms. The second kappa shape index (κ2) is 6.28. The van der Waals surface area contributed by atoms with E-state index in [-0.39, 0.29) is 11.3 Å². The van der Waals surface area contributed by atoms with Crippen molar-refractivity contribution in [1.29, 1.82) is 0 Å². The van der Waals surface area contributed by atoms with Crippen molar-refractivity contribution in [1.82, 2.24) is 24.5 Å². The minimum absolute atomic E-state index is 0.0621. The molecule has 1 saturated heterocycles. The molecule has 4 N–H and O–H groups in total. The molecule has 4 unspecified atom stereocenters. The van der Waals surface area contributed by atoms with E-state index in [0.717, 1.165) is 4.57 Å². The van der Waals surface area contributed by atoms with Crippen molar-refractivity contribution in [2.24, 2.45) is 0 Å². The number of aromatic amines is 1. The maximum absolute atomic E-state index is 12.1. The lowest BCUT2D eigenvalue weighted by Gasteiger charge is -2.17. The number of nitrogens with one attached hydrogen (secondary N) is 1. The molecule has 24 heavy (non-hydrogen) atoms. The van der Waals surface area contributed by atoms with Crippen molar-refractivity contribution in [3.63, 3.8) is 0 Å². The molecule has 1 aliphatic heterocycles. The van der Waals surface area contributed by atoms with Crippen molar-refractivity contribution in [2.45, 2.75) is 38.0 Å². The maximum atomic E-state index is 12.1. The molecule has 0 aliphatic carbocycles. The van der Waals surface area contributed by atoms with Gasteiger partial charge in [-0.15, -0.1) is 5.10 Å². The molecule has 3 heterocycles. The highest BCUT2D eigenvalue weighted by molar-refractivity contribution is 5.54. The highest BCUT2D eigenvalue weighted by Gasteiger charge is 2.43. The second-order valence-electron chi connectivity index (χ2n) is 5.40. The van der Waals surface area contributed by atoms with Gasteiger partial charge in [0.15, 0.2) is 6.23 Å². The monoisotopic (exact) mass is 339 g/mol. The number of hydrogen-bond donors (Lipinski definition) is 4. The van der Waals surface area contributed by atoms with Crippen LogP contribution in [0.25, 0.3) is 11.3 Å². The molecular weight excluding hydrogens is 322 g/mol. The maximum Gasteiger partial charge on any atom is 0.330 e. The van der Waals surface area contributed by atoms with Crippen LogP contribution in [0.15, 0.2) is 22.0 Å². The van der Waals surface area contributed by atoms with E-state index in [1.165, 1.54) is 17.1 Å². The van der Waals surface area contributed by atoms with E-state index < -0.39 is 42.4 Å². The SMILES string of the molecule is CCn1cc(-c2cn(C3OC(CO)C(O)C3O)c(=O)[nH]c2=O)nn1. The van der Waals surface area contributed by atoms with Gasteiger partial charge in [-0.05, 0) is 6.92 Å². The van der Waals surface area contributed by atoms with E-state index in [1.54, 1.807) is 0 Å². The standard InChI is InChI=1S/C13H17N5O6/c1-2-17-4-7(15-16-17)6-3-18(13(23)14-11(6)22)12-10(21)9(20)8(5-19)24-12/h3-4,8-10,12,19-21H,2,5H2,1H3,(H,14,22,23). The molecule has 11 heteroatoms. The molecule has 1 aliphatic rings. The van der Waals surface area contributed by atoms with Gasteiger partial charge in [0.25, 0.3) is 5.56 Å². The van der Waals surface area contributed by atoms with Crippen molar-refractivity contribution in [2.75, 3.05) is 6.61 Å². The van der Waals surface area contributed by atoms with E-state index in [9.17, 15) is 19.8 Å². The first-order chi connectivity index (χ1) is 11.5. The largest absolute Gasteiger partial charge is 0.394 e. The van der Waals surface area contributed by atoms with Crippen LogP contribution in [0.3, 0.4) is 0 Å². The molecule has 1 fully saturated rings. The third kappa shape index (κ3) is 2.67. The van der Waals surface area contributed by atoms with Gasteiger partial charge in [0.05, 0.1) is 18.4 Å². The Kier molecular flexibility index (Phi) is 4.32. The van der Waals surface area contributed by atoms with E-state index in [4.69, 9.17) is 9.84 Å². The number of aliphatic hydroxyl groups excluding tert-OH is 3. The van der Waals surface area contributed by atoms with Gasteiger partial charge in [-0.2, -0.15) is 0 Å². The van der Waals surface area contributed by atoms with Gasteiger partial charge in [0.2, 0.25) is 0 Å². The Morgan fingerprint density at radius 2 is 2.04 bits per heavy atom. The van der Waals surface area contributed by atoms with Gasteiger partial charge in [0, 0.05) is 12.7 Å². The summed E-state index contributed by atoms with van der Waals surface area (Å²) in [6.07, 6.45) is -2.36. The molecule has 130 valence electrons. The molecule has 0 radical (unpaired) electrons. The molecule has 4 atom stereocenters. The summed E-state index contributed by atoms with van der Waals surface area (Å²) in [5, 5.41) is 36.7. The summed E-state index contributed by atoms with van der Waals surface area (Å²) in [5.74, 6) is 0. The zero-order valence-corrected chi connectivity index (χ0v) is 12.7. The Hall–Kier alpha value is -2.34. The average Bonchev–Trinajstić information content (AvgIpc) is 3.14. The van der Waals surface area contributed by atoms with Crippen LogP contribution in [0.4, 0.5) is 0 Å². The van der Waals surface area contributed by atoms with Gasteiger partial charge < -0.3 is 20.1 Å². The number of rotatable bonds is 4. The fourth-order valence-electron chi connectivity index (χ4n) is 2.54. The van der Waals surface area contributed by atoms with Crippen LogP contribution in [0.1, 0.15) is 13.2 Å². The third-order valence-electron chi connectivity index (χ3n) is 3.90. The van der Waals surface area contributed by atoms with Crippen molar-refractivity contribution >= 4 is 0 Å². The van der Waals surface area contributed by atoms with Crippen molar-refractivity contribution in [3.05, 3.63) is 33.2 Å². The van der Waals surface area contributed by atoms with E-state index in [2.05, 4.69) is 15.3 Å². The Morgan fingerprint density at radius 1 is 1.29 bits per heavy atom. The molecule has 11 nitrogen and oxygen atoms in total. The first-order valence-electron chi connectivity index (χ1n) is 7.34. The highest BCUT2D eigenvalue weighted by atomic mass is 16.6. The number of nitrogens with zero attached hydrogens (tertiary/aromatic N) is 4. The van der Waals surface area contributed by atoms with Gasteiger partial charge in [-0.1, -0.05) is 5.21 Å². The minimum atomic E-state index is -1.44. The minimum Gasteiger partial charge on any atom is -0.394 e. The zero-order chi connectivity index (χ0) is 17.4. The lowest BCUT2D eigenvalue weighted by Crippen LogP contribution is -2.38. The molecule has 2 aromatic heterocycles. The predicted molar refractivity (Wildman–Crippen MR) is 79.0 cm³/mol. The fourth-order valence-corrected chi connectivity index (χ4v) is 2.54.